The number of hydrogen-bond donors (Lipinski definition) is 1. The van der Waals surface area contributed by atoms with Gasteiger partial charge in [-0.1, -0.05) is 47.7 Å². The van der Waals surface area contributed by atoms with Crippen LogP contribution in [0, 0.1) is 0 Å². The molecule has 3 heterocycles. The lowest BCUT2D eigenvalue weighted by atomic mass is 9.94. The zero-order valence-corrected chi connectivity index (χ0v) is 27.6. The summed E-state index contributed by atoms with van der Waals surface area (Å²) in [6.45, 7) is 6.95. The number of ether oxygens (including phenoxy) is 4. The van der Waals surface area contributed by atoms with E-state index in [9.17, 15) is 14.7 Å². The van der Waals surface area contributed by atoms with Crippen LogP contribution in [0.2, 0.25) is 0 Å². The summed E-state index contributed by atoms with van der Waals surface area (Å²) >= 11 is 1.27. The summed E-state index contributed by atoms with van der Waals surface area (Å²) < 4.78 is 24.5. The second-order valence-electron chi connectivity index (χ2n) is 11.6. The summed E-state index contributed by atoms with van der Waals surface area (Å²) in [5.74, 6) is 0.518. The molecule has 0 aliphatic carbocycles. The average Bonchev–Trinajstić information content (AvgIpc) is 3.76. The first kappa shape index (κ1) is 31.3. The summed E-state index contributed by atoms with van der Waals surface area (Å²) in [5.41, 5.74) is 3.52. The van der Waals surface area contributed by atoms with Crippen LogP contribution in [0.15, 0.2) is 90.5 Å². The van der Waals surface area contributed by atoms with Crippen LogP contribution >= 0.6 is 11.3 Å². The maximum Gasteiger partial charge on any atom is 0.301 e. The Hall–Kier alpha value is -5.35. The molecular weight excluding hydrogens is 628 g/mol. The monoisotopic (exact) mass is 662 g/mol. The van der Waals surface area contributed by atoms with Gasteiger partial charge in [-0.25, -0.2) is 4.98 Å². The van der Waals surface area contributed by atoms with Crippen molar-refractivity contribution < 1.29 is 33.6 Å². The number of hydrogen-bond acceptors (Lipinski definition) is 9. The first-order valence-electron chi connectivity index (χ1n) is 15.9. The van der Waals surface area contributed by atoms with Crippen molar-refractivity contribution >= 4 is 44.1 Å². The van der Waals surface area contributed by atoms with Crippen molar-refractivity contribution in [2.24, 2.45) is 0 Å². The molecule has 2 aliphatic heterocycles. The minimum atomic E-state index is -0.997. The largest absolute Gasteiger partial charge is 0.507 e. The fourth-order valence-corrected chi connectivity index (χ4v) is 7.16. The fourth-order valence-electron chi connectivity index (χ4n) is 6.14. The molecular formula is C38H34N2O7S. The van der Waals surface area contributed by atoms with Crippen LogP contribution in [0.3, 0.4) is 0 Å². The highest BCUT2D eigenvalue weighted by Crippen LogP contribution is 2.46. The Bertz CT molecular complexity index is 2060. The molecule has 10 heteroatoms. The van der Waals surface area contributed by atoms with E-state index in [0.29, 0.717) is 65.3 Å². The Kier molecular flexibility index (Phi) is 8.49. The van der Waals surface area contributed by atoms with E-state index < -0.39 is 17.7 Å². The van der Waals surface area contributed by atoms with Crippen molar-refractivity contribution in [3.8, 4) is 23.0 Å². The molecule has 1 N–H and O–H groups in total. The van der Waals surface area contributed by atoms with E-state index in [-0.39, 0.29) is 17.4 Å². The first-order chi connectivity index (χ1) is 23.3. The molecule has 244 valence electrons. The Labute approximate surface area is 282 Å². The van der Waals surface area contributed by atoms with Gasteiger partial charge in [0.15, 0.2) is 16.6 Å². The molecule has 7 rings (SSSR count). The number of carbonyl (C=O) groups excluding carboxylic acids is 2. The van der Waals surface area contributed by atoms with Crippen LogP contribution in [0.25, 0.3) is 16.0 Å². The molecule has 1 saturated heterocycles. The van der Waals surface area contributed by atoms with Gasteiger partial charge in [-0.05, 0) is 86.0 Å². The van der Waals surface area contributed by atoms with E-state index in [2.05, 4.69) is 0 Å². The molecule has 0 saturated carbocycles. The van der Waals surface area contributed by atoms with E-state index in [1.165, 1.54) is 16.2 Å². The maximum atomic E-state index is 13.9. The molecule has 48 heavy (non-hydrogen) atoms. The molecule has 4 aromatic carbocycles. The van der Waals surface area contributed by atoms with E-state index in [4.69, 9.17) is 23.9 Å². The SMILES string of the molecule is CCOc1ccc2nc(N3C(=O)C(=O)/C(=C(/O)c4ccc5c(c4)CC(C)O5)C3c3ccc(OCc4ccccc4)c(OCC)c3)sc2c1. The van der Waals surface area contributed by atoms with Crippen LogP contribution < -0.4 is 23.8 Å². The minimum absolute atomic E-state index is 0.00450. The molecule has 2 aliphatic rings. The average molecular weight is 663 g/mol. The van der Waals surface area contributed by atoms with Crippen LogP contribution in [-0.4, -0.2) is 41.1 Å². The molecule has 2 unspecified atom stereocenters. The number of thiazole rings is 1. The molecule has 1 fully saturated rings. The van der Waals surface area contributed by atoms with Gasteiger partial charge in [0, 0.05) is 12.0 Å². The van der Waals surface area contributed by atoms with Gasteiger partial charge < -0.3 is 24.1 Å². The molecule has 1 amide bonds. The number of nitrogens with zero attached hydrogens (tertiary/aromatic N) is 2. The number of aliphatic hydroxyl groups excluding tert-OH is 1. The minimum Gasteiger partial charge on any atom is -0.507 e. The van der Waals surface area contributed by atoms with Crippen molar-refractivity contribution in [1.29, 1.82) is 0 Å². The van der Waals surface area contributed by atoms with Gasteiger partial charge in [0.05, 0.1) is 35.0 Å². The Morgan fingerprint density at radius 3 is 2.54 bits per heavy atom. The number of anilines is 1. The zero-order chi connectivity index (χ0) is 33.4. The third kappa shape index (κ3) is 5.84. The number of benzene rings is 4. The highest BCUT2D eigenvalue weighted by molar-refractivity contribution is 7.22. The van der Waals surface area contributed by atoms with Gasteiger partial charge in [-0.2, -0.15) is 0 Å². The topological polar surface area (TPSA) is 107 Å². The zero-order valence-electron chi connectivity index (χ0n) is 26.8. The van der Waals surface area contributed by atoms with Crippen LogP contribution in [-0.2, 0) is 22.6 Å². The van der Waals surface area contributed by atoms with Crippen molar-refractivity contribution in [1.82, 2.24) is 4.98 Å². The summed E-state index contributed by atoms with van der Waals surface area (Å²) in [6.07, 6.45) is 0.677. The summed E-state index contributed by atoms with van der Waals surface area (Å²) in [7, 11) is 0. The molecule has 2 atom stereocenters. The number of rotatable bonds is 10. The smallest absolute Gasteiger partial charge is 0.301 e. The summed E-state index contributed by atoms with van der Waals surface area (Å²) in [6, 6.07) is 24.9. The van der Waals surface area contributed by atoms with Crippen molar-refractivity contribution in [2.75, 3.05) is 18.1 Å². The predicted molar refractivity (Wildman–Crippen MR) is 184 cm³/mol. The van der Waals surface area contributed by atoms with Crippen LogP contribution in [0.1, 0.15) is 49.1 Å². The van der Waals surface area contributed by atoms with Gasteiger partial charge in [-0.3, -0.25) is 14.5 Å². The summed E-state index contributed by atoms with van der Waals surface area (Å²) in [5, 5.41) is 12.1. The van der Waals surface area contributed by atoms with Gasteiger partial charge >= 0.3 is 5.91 Å². The van der Waals surface area contributed by atoms with Crippen molar-refractivity contribution in [3.63, 3.8) is 0 Å². The van der Waals surface area contributed by atoms with E-state index in [0.717, 1.165) is 21.6 Å². The maximum absolute atomic E-state index is 13.9. The number of aliphatic hydroxyl groups is 1. The Morgan fingerprint density at radius 1 is 0.938 bits per heavy atom. The highest BCUT2D eigenvalue weighted by atomic mass is 32.1. The number of fused-ring (bicyclic) bond motifs is 2. The second-order valence-corrected chi connectivity index (χ2v) is 12.6. The Balaban J connectivity index is 1.35. The molecule has 0 bridgehead atoms. The fraction of sp³-hybridized carbons (Fsp3) is 0.237. The molecule has 0 radical (unpaired) electrons. The van der Waals surface area contributed by atoms with E-state index in [1.807, 2.05) is 75.4 Å². The number of amides is 1. The molecule has 5 aromatic rings. The lowest BCUT2D eigenvalue weighted by Crippen LogP contribution is -2.29. The third-order valence-corrected chi connectivity index (χ3v) is 9.32. The van der Waals surface area contributed by atoms with Gasteiger partial charge in [0.2, 0.25) is 0 Å². The van der Waals surface area contributed by atoms with Crippen LogP contribution in [0.4, 0.5) is 5.13 Å². The molecule has 1 aromatic heterocycles. The first-order valence-corrected chi connectivity index (χ1v) is 16.7. The van der Waals surface area contributed by atoms with Gasteiger partial charge in [-0.15, -0.1) is 0 Å². The standard InChI is InChI=1S/C38H34N2O7S/c1-4-44-27-13-14-28-32(20-27)48-38(39-28)40-34(24-11-16-30(31(19-24)45-5-2)46-21-23-9-7-6-8-10-23)33(36(42)37(40)43)35(41)25-12-15-29-26(18-25)17-22(3)47-29/h6-16,18-20,22,34,41H,4-5,17,21H2,1-3H3/b35-33+. The van der Waals surface area contributed by atoms with Crippen molar-refractivity contribution in [2.45, 2.75) is 45.9 Å². The predicted octanol–water partition coefficient (Wildman–Crippen LogP) is 7.62. The third-order valence-electron chi connectivity index (χ3n) is 8.30. The number of aromatic nitrogens is 1. The normalized spacial score (nSPS) is 18.2. The number of ketones is 1. The van der Waals surface area contributed by atoms with Gasteiger partial charge in [0.1, 0.15) is 30.0 Å². The van der Waals surface area contributed by atoms with Crippen LogP contribution in [0.5, 0.6) is 23.0 Å². The van der Waals surface area contributed by atoms with Gasteiger partial charge in [0.25, 0.3) is 5.78 Å². The molecule has 9 nitrogen and oxygen atoms in total. The summed E-state index contributed by atoms with van der Waals surface area (Å²) in [4.78, 5) is 34.0. The lowest BCUT2D eigenvalue weighted by molar-refractivity contribution is -0.132. The van der Waals surface area contributed by atoms with E-state index in [1.54, 1.807) is 30.3 Å². The number of Topliss-reactive ketones (excluding diaryl/α,β-unsaturated/α-hetero) is 1. The van der Waals surface area contributed by atoms with Crippen molar-refractivity contribution in [3.05, 3.63) is 113 Å². The Morgan fingerprint density at radius 2 is 1.75 bits per heavy atom. The quantitative estimate of drug-likeness (QED) is 0.0925. The lowest BCUT2D eigenvalue weighted by Gasteiger charge is -2.24. The highest BCUT2D eigenvalue weighted by Gasteiger charge is 2.48. The number of carbonyl (C=O) groups is 2. The molecule has 0 spiro atoms. The van der Waals surface area contributed by atoms with E-state index >= 15 is 0 Å². The second kappa shape index (κ2) is 13.0.